The number of halogens is 2. The van der Waals surface area contributed by atoms with Gasteiger partial charge in [0, 0.05) is 6.42 Å². The average Bonchev–Trinajstić information content (AvgIpc) is 2.74. The van der Waals surface area contributed by atoms with E-state index < -0.39 is 9.04 Å². The second-order valence-electron chi connectivity index (χ2n) is 7.07. The van der Waals surface area contributed by atoms with Crippen LogP contribution in [0, 0.1) is 0 Å². The summed E-state index contributed by atoms with van der Waals surface area (Å²) in [7, 11) is -0.814. The molecular weight excluding hydrogens is 435 g/mol. The number of hydrogen-bond donors (Lipinski definition) is 0. The molecule has 0 aromatic heterocycles. The molecule has 0 bridgehead atoms. The summed E-state index contributed by atoms with van der Waals surface area (Å²) in [5.74, 6) is 1.60. The minimum Gasteiger partial charge on any atom is -0.489 e. The highest BCUT2D eigenvalue weighted by Crippen LogP contribution is 2.28. The highest BCUT2D eigenvalue weighted by molar-refractivity contribution is 6.48. The van der Waals surface area contributed by atoms with Gasteiger partial charge < -0.3 is 13.9 Å². The number of ether oxygens (including phenoxy) is 2. The topological polar surface area (TPSA) is 27.7 Å². The number of hydrogen-bond acceptors (Lipinski definition) is 3. The Morgan fingerprint density at radius 1 is 0.833 bits per heavy atom. The molecule has 3 nitrogen and oxygen atoms in total. The maximum Gasteiger partial charge on any atom is 0.209 e. The molecule has 0 N–H and O–H groups in total. The van der Waals surface area contributed by atoms with Gasteiger partial charge in [-0.2, -0.15) is 0 Å². The van der Waals surface area contributed by atoms with E-state index in [0.29, 0.717) is 16.7 Å². The van der Waals surface area contributed by atoms with Gasteiger partial charge in [-0.3, -0.25) is 0 Å². The van der Waals surface area contributed by atoms with E-state index in [2.05, 4.69) is 26.1 Å². The maximum absolute atomic E-state index is 6.06. The van der Waals surface area contributed by atoms with Crippen molar-refractivity contribution in [3.05, 3.63) is 82.3 Å². The molecule has 3 aromatic carbocycles. The highest BCUT2D eigenvalue weighted by Gasteiger charge is 2.12. The molecule has 3 aromatic rings. The van der Waals surface area contributed by atoms with Crippen LogP contribution in [0.15, 0.2) is 66.7 Å². The second kappa shape index (κ2) is 10.9. The molecule has 157 valence electrons. The van der Waals surface area contributed by atoms with Crippen LogP contribution >= 0.6 is 23.2 Å². The van der Waals surface area contributed by atoms with Gasteiger partial charge in [-0.15, -0.1) is 0 Å². The van der Waals surface area contributed by atoms with Gasteiger partial charge in [0.25, 0.3) is 0 Å². The third-order valence-electron chi connectivity index (χ3n) is 4.38. The van der Waals surface area contributed by atoms with Gasteiger partial charge in [-0.05, 0) is 66.2 Å². The van der Waals surface area contributed by atoms with E-state index in [9.17, 15) is 0 Å². The standard InChI is InChI=1S/C24H25Cl2O3Si/c1-4-24(29-30(2)3)28-21-7-5-6-19(15-21)18-9-11-20(12-10-18)27-16-17-8-13-22(25)23(26)14-17/h5-15,24H,4,16H2,1-3H3. The van der Waals surface area contributed by atoms with E-state index in [1.807, 2.05) is 54.6 Å². The van der Waals surface area contributed by atoms with E-state index in [4.69, 9.17) is 37.1 Å². The zero-order valence-electron chi connectivity index (χ0n) is 17.3. The first-order valence-corrected chi connectivity index (χ1v) is 13.0. The summed E-state index contributed by atoms with van der Waals surface area (Å²) in [6, 6.07) is 21.6. The van der Waals surface area contributed by atoms with Crippen LogP contribution in [0.3, 0.4) is 0 Å². The van der Waals surface area contributed by atoms with Crippen LogP contribution in [0.4, 0.5) is 0 Å². The number of benzene rings is 3. The van der Waals surface area contributed by atoms with Gasteiger partial charge in [0.05, 0.1) is 10.0 Å². The summed E-state index contributed by atoms with van der Waals surface area (Å²) in [5, 5.41) is 1.07. The first-order chi connectivity index (χ1) is 14.4. The zero-order chi connectivity index (χ0) is 21.5. The molecule has 0 aliphatic rings. The summed E-state index contributed by atoms with van der Waals surface area (Å²) in [4.78, 5) is 0. The van der Waals surface area contributed by atoms with Crippen molar-refractivity contribution in [2.75, 3.05) is 0 Å². The van der Waals surface area contributed by atoms with Crippen molar-refractivity contribution in [3.8, 4) is 22.6 Å². The van der Waals surface area contributed by atoms with Gasteiger partial charge in [-0.25, -0.2) is 0 Å². The molecule has 3 rings (SSSR count). The molecular formula is C24H25Cl2O3Si. The first-order valence-electron chi connectivity index (χ1n) is 9.85. The highest BCUT2D eigenvalue weighted by atomic mass is 35.5. The van der Waals surface area contributed by atoms with Crippen molar-refractivity contribution in [2.24, 2.45) is 0 Å². The fourth-order valence-corrected chi connectivity index (χ4v) is 3.96. The quantitative estimate of drug-likeness (QED) is 0.243. The average molecular weight is 460 g/mol. The van der Waals surface area contributed by atoms with Crippen LogP contribution in [0.1, 0.15) is 18.9 Å². The fourth-order valence-electron chi connectivity index (χ4n) is 2.89. The smallest absolute Gasteiger partial charge is 0.209 e. The molecule has 0 heterocycles. The first kappa shape index (κ1) is 22.7. The minimum atomic E-state index is -0.814. The summed E-state index contributed by atoms with van der Waals surface area (Å²) in [5.41, 5.74) is 3.14. The maximum atomic E-state index is 6.06. The summed E-state index contributed by atoms with van der Waals surface area (Å²) in [6.07, 6.45) is 0.603. The lowest BCUT2D eigenvalue weighted by Gasteiger charge is -2.20. The molecule has 0 saturated carbocycles. The van der Waals surface area contributed by atoms with Crippen molar-refractivity contribution in [3.63, 3.8) is 0 Å². The Labute approximate surface area is 190 Å². The summed E-state index contributed by atoms with van der Waals surface area (Å²) >= 11 is 12.0. The molecule has 0 aliphatic carbocycles. The Morgan fingerprint density at radius 2 is 1.60 bits per heavy atom. The lowest BCUT2D eigenvalue weighted by atomic mass is 10.1. The van der Waals surface area contributed by atoms with Gasteiger partial charge in [-0.1, -0.05) is 60.5 Å². The van der Waals surface area contributed by atoms with Crippen LogP contribution in [-0.2, 0) is 11.0 Å². The van der Waals surface area contributed by atoms with Gasteiger partial charge in [0.2, 0.25) is 9.04 Å². The second-order valence-corrected chi connectivity index (χ2v) is 9.94. The van der Waals surface area contributed by atoms with Crippen LogP contribution in [-0.4, -0.2) is 15.3 Å². The molecule has 0 spiro atoms. The SMILES string of the molecule is CCC(Oc1cccc(-c2ccc(OCc3ccc(Cl)c(Cl)c3)cc2)c1)O[Si](C)C. The molecule has 6 heteroatoms. The van der Waals surface area contributed by atoms with Gasteiger partial charge in [0.1, 0.15) is 18.1 Å². The van der Waals surface area contributed by atoms with E-state index >= 15 is 0 Å². The number of rotatable bonds is 9. The Kier molecular flexibility index (Phi) is 8.22. The third-order valence-corrected chi connectivity index (χ3v) is 5.85. The van der Waals surface area contributed by atoms with Gasteiger partial charge in [0.15, 0.2) is 6.29 Å². The van der Waals surface area contributed by atoms with E-state index in [-0.39, 0.29) is 6.29 Å². The Balaban J connectivity index is 1.64. The van der Waals surface area contributed by atoms with Crippen LogP contribution < -0.4 is 9.47 Å². The Morgan fingerprint density at radius 3 is 2.27 bits per heavy atom. The molecule has 1 unspecified atom stereocenters. The fraction of sp³-hybridized carbons (Fsp3) is 0.250. The normalized spacial score (nSPS) is 12.1. The minimum absolute atomic E-state index is 0.207. The molecule has 0 fully saturated rings. The Hall–Kier alpha value is -1.98. The summed E-state index contributed by atoms with van der Waals surface area (Å²) in [6.45, 7) is 6.71. The third kappa shape index (κ3) is 6.51. The zero-order valence-corrected chi connectivity index (χ0v) is 19.8. The van der Waals surface area contributed by atoms with Crippen molar-refractivity contribution in [1.82, 2.24) is 0 Å². The van der Waals surface area contributed by atoms with E-state index in [1.54, 1.807) is 6.07 Å². The molecule has 0 amide bonds. The molecule has 30 heavy (non-hydrogen) atoms. The lowest BCUT2D eigenvalue weighted by molar-refractivity contribution is 0.00193. The lowest BCUT2D eigenvalue weighted by Crippen LogP contribution is -2.25. The molecule has 0 aliphatic heterocycles. The predicted molar refractivity (Wildman–Crippen MR) is 126 cm³/mol. The van der Waals surface area contributed by atoms with Crippen molar-refractivity contribution in [2.45, 2.75) is 39.3 Å². The van der Waals surface area contributed by atoms with Crippen molar-refractivity contribution in [1.29, 1.82) is 0 Å². The van der Waals surface area contributed by atoms with E-state index in [0.717, 1.165) is 34.6 Å². The molecule has 0 saturated heterocycles. The summed E-state index contributed by atoms with van der Waals surface area (Å²) < 4.78 is 17.8. The van der Waals surface area contributed by atoms with E-state index in [1.165, 1.54) is 0 Å². The van der Waals surface area contributed by atoms with Crippen LogP contribution in [0.25, 0.3) is 11.1 Å². The molecule has 1 atom stereocenters. The monoisotopic (exact) mass is 459 g/mol. The van der Waals surface area contributed by atoms with Crippen molar-refractivity contribution < 1.29 is 13.9 Å². The van der Waals surface area contributed by atoms with Crippen LogP contribution in [0.5, 0.6) is 11.5 Å². The Bertz CT molecular complexity index is 961. The van der Waals surface area contributed by atoms with Crippen LogP contribution in [0.2, 0.25) is 23.1 Å². The predicted octanol–water partition coefficient (Wildman–Crippen LogP) is 7.62. The largest absolute Gasteiger partial charge is 0.489 e. The molecule has 1 radical (unpaired) electrons. The van der Waals surface area contributed by atoms with Crippen molar-refractivity contribution >= 4 is 32.2 Å². The van der Waals surface area contributed by atoms with Gasteiger partial charge >= 0.3 is 0 Å².